The van der Waals surface area contributed by atoms with Gasteiger partial charge in [0.25, 0.3) is 0 Å². The van der Waals surface area contributed by atoms with Crippen molar-refractivity contribution in [3.63, 3.8) is 0 Å². The summed E-state index contributed by atoms with van der Waals surface area (Å²) in [6.45, 7) is 0.464. The first-order valence-electron chi connectivity index (χ1n) is 5.18. The van der Waals surface area contributed by atoms with Crippen LogP contribution in [0.4, 0.5) is 4.39 Å². The molecule has 1 saturated carbocycles. The number of carboxylic acids is 1. The number of rotatable bonds is 5. The Kier molecular flexibility index (Phi) is 2.92. The molecule has 0 atom stereocenters. The molecule has 0 spiro atoms. The minimum absolute atomic E-state index is 0.207. The zero-order valence-corrected chi connectivity index (χ0v) is 8.78. The molecular weight excluding hydrogens is 211 g/mol. The smallest absolute Gasteiger partial charge is 0.311 e. The van der Waals surface area contributed by atoms with E-state index in [4.69, 9.17) is 9.84 Å². The monoisotopic (exact) mass is 224 g/mol. The SMILES string of the molecule is O=C(O)C1(COCc2cccc(F)c2)CC1. The topological polar surface area (TPSA) is 46.5 Å². The highest BCUT2D eigenvalue weighted by Gasteiger charge is 2.50. The first-order chi connectivity index (χ1) is 7.62. The van der Waals surface area contributed by atoms with Crippen LogP contribution in [0.25, 0.3) is 0 Å². The van der Waals surface area contributed by atoms with E-state index in [1.165, 1.54) is 12.1 Å². The molecule has 4 heteroatoms. The molecule has 0 saturated heterocycles. The van der Waals surface area contributed by atoms with Crippen molar-refractivity contribution in [1.82, 2.24) is 0 Å². The lowest BCUT2D eigenvalue weighted by Gasteiger charge is -2.10. The number of carbonyl (C=O) groups is 1. The molecule has 1 N–H and O–H groups in total. The molecule has 0 radical (unpaired) electrons. The lowest BCUT2D eigenvalue weighted by molar-refractivity contribution is -0.146. The number of ether oxygens (including phenoxy) is 1. The third-order valence-corrected chi connectivity index (χ3v) is 2.84. The Hall–Kier alpha value is -1.42. The minimum atomic E-state index is -0.799. The molecule has 0 heterocycles. The second kappa shape index (κ2) is 4.22. The van der Waals surface area contributed by atoms with Crippen LogP contribution in [0.3, 0.4) is 0 Å². The molecule has 3 nitrogen and oxygen atoms in total. The second-order valence-corrected chi connectivity index (χ2v) is 4.21. The van der Waals surface area contributed by atoms with Crippen molar-refractivity contribution in [1.29, 1.82) is 0 Å². The Morgan fingerprint density at radius 3 is 2.81 bits per heavy atom. The average Bonchev–Trinajstić information content (AvgIpc) is 2.99. The van der Waals surface area contributed by atoms with Gasteiger partial charge in [0.05, 0.1) is 18.6 Å². The Morgan fingerprint density at radius 2 is 2.25 bits per heavy atom. The van der Waals surface area contributed by atoms with Crippen molar-refractivity contribution >= 4 is 5.97 Å². The molecule has 16 heavy (non-hydrogen) atoms. The van der Waals surface area contributed by atoms with E-state index in [9.17, 15) is 9.18 Å². The number of hydrogen-bond acceptors (Lipinski definition) is 2. The summed E-state index contributed by atoms with van der Waals surface area (Å²) in [6, 6.07) is 6.12. The van der Waals surface area contributed by atoms with Gasteiger partial charge < -0.3 is 9.84 Å². The molecule has 2 rings (SSSR count). The van der Waals surface area contributed by atoms with E-state index in [1.807, 2.05) is 0 Å². The van der Waals surface area contributed by atoms with Crippen LogP contribution in [0.15, 0.2) is 24.3 Å². The van der Waals surface area contributed by atoms with Crippen molar-refractivity contribution in [2.24, 2.45) is 5.41 Å². The van der Waals surface area contributed by atoms with E-state index in [1.54, 1.807) is 12.1 Å². The van der Waals surface area contributed by atoms with Gasteiger partial charge in [-0.2, -0.15) is 0 Å². The van der Waals surface area contributed by atoms with Crippen LogP contribution < -0.4 is 0 Å². The summed E-state index contributed by atoms with van der Waals surface area (Å²) in [4.78, 5) is 10.8. The van der Waals surface area contributed by atoms with Gasteiger partial charge in [0.15, 0.2) is 0 Å². The lowest BCUT2D eigenvalue weighted by atomic mass is 10.1. The fraction of sp³-hybridized carbons (Fsp3) is 0.417. The quantitative estimate of drug-likeness (QED) is 0.834. The molecule has 1 aliphatic rings. The minimum Gasteiger partial charge on any atom is -0.481 e. The standard InChI is InChI=1S/C12H13FO3/c13-10-3-1-2-9(6-10)7-16-8-12(4-5-12)11(14)15/h1-3,6H,4-5,7-8H2,(H,14,15). The summed E-state index contributed by atoms with van der Waals surface area (Å²) in [7, 11) is 0. The summed E-state index contributed by atoms with van der Waals surface area (Å²) in [5.41, 5.74) is 0.0500. The fourth-order valence-corrected chi connectivity index (χ4v) is 1.56. The molecule has 86 valence electrons. The number of hydrogen-bond donors (Lipinski definition) is 1. The third-order valence-electron chi connectivity index (χ3n) is 2.84. The van der Waals surface area contributed by atoms with E-state index < -0.39 is 11.4 Å². The average molecular weight is 224 g/mol. The van der Waals surface area contributed by atoms with E-state index in [0.717, 1.165) is 5.56 Å². The summed E-state index contributed by atoms with van der Waals surface area (Å²) < 4.78 is 18.1. The van der Waals surface area contributed by atoms with E-state index in [-0.39, 0.29) is 19.0 Å². The summed E-state index contributed by atoms with van der Waals surface area (Å²) in [6.07, 6.45) is 1.34. The third kappa shape index (κ3) is 2.39. The molecule has 0 aliphatic heterocycles. The zero-order valence-electron chi connectivity index (χ0n) is 8.78. The van der Waals surface area contributed by atoms with Crippen LogP contribution in [-0.2, 0) is 16.1 Å². The van der Waals surface area contributed by atoms with Crippen LogP contribution in [-0.4, -0.2) is 17.7 Å². The van der Waals surface area contributed by atoms with E-state index in [0.29, 0.717) is 12.8 Å². The molecule has 0 aromatic heterocycles. The molecule has 0 amide bonds. The van der Waals surface area contributed by atoms with Crippen molar-refractivity contribution in [2.45, 2.75) is 19.4 Å². The highest BCUT2D eigenvalue weighted by Crippen LogP contribution is 2.46. The van der Waals surface area contributed by atoms with Crippen LogP contribution in [0.2, 0.25) is 0 Å². The molecule has 1 aliphatic carbocycles. The molecule has 0 unspecified atom stereocenters. The maximum absolute atomic E-state index is 12.8. The maximum Gasteiger partial charge on any atom is 0.311 e. The molecule has 1 fully saturated rings. The van der Waals surface area contributed by atoms with Crippen molar-refractivity contribution in [3.05, 3.63) is 35.6 Å². The fourth-order valence-electron chi connectivity index (χ4n) is 1.56. The van der Waals surface area contributed by atoms with E-state index in [2.05, 4.69) is 0 Å². The summed E-state index contributed by atoms with van der Waals surface area (Å²) >= 11 is 0. The second-order valence-electron chi connectivity index (χ2n) is 4.21. The van der Waals surface area contributed by atoms with Crippen LogP contribution in [0.1, 0.15) is 18.4 Å². The highest BCUT2D eigenvalue weighted by atomic mass is 19.1. The maximum atomic E-state index is 12.8. The number of aliphatic carboxylic acids is 1. The zero-order chi connectivity index (χ0) is 11.6. The van der Waals surface area contributed by atoms with Crippen LogP contribution in [0, 0.1) is 11.2 Å². The van der Waals surface area contributed by atoms with E-state index >= 15 is 0 Å². The van der Waals surface area contributed by atoms with Gasteiger partial charge in [-0.3, -0.25) is 4.79 Å². The number of halogens is 1. The van der Waals surface area contributed by atoms with Crippen molar-refractivity contribution in [3.8, 4) is 0 Å². The Balaban J connectivity index is 1.83. The molecular formula is C12H13FO3. The Labute approximate surface area is 92.9 Å². The molecule has 1 aromatic rings. The Morgan fingerprint density at radius 1 is 1.50 bits per heavy atom. The van der Waals surface area contributed by atoms with Gasteiger partial charge in [-0.25, -0.2) is 4.39 Å². The van der Waals surface area contributed by atoms with Gasteiger partial charge in [-0.1, -0.05) is 12.1 Å². The first-order valence-corrected chi connectivity index (χ1v) is 5.18. The summed E-state index contributed by atoms with van der Waals surface area (Å²) in [5.74, 6) is -1.10. The van der Waals surface area contributed by atoms with Gasteiger partial charge in [-0.05, 0) is 30.5 Å². The molecule has 0 bridgehead atoms. The van der Waals surface area contributed by atoms with Gasteiger partial charge in [0.2, 0.25) is 0 Å². The van der Waals surface area contributed by atoms with Crippen molar-refractivity contribution in [2.75, 3.05) is 6.61 Å². The largest absolute Gasteiger partial charge is 0.481 e. The Bertz CT molecular complexity index is 399. The van der Waals surface area contributed by atoms with Gasteiger partial charge in [0, 0.05) is 0 Å². The highest BCUT2D eigenvalue weighted by molar-refractivity contribution is 5.77. The predicted molar refractivity (Wildman–Crippen MR) is 55.4 cm³/mol. The van der Waals surface area contributed by atoms with Crippen molar-refractivity contribution < 1.29 is 19.0 Å². The lowest BCUT2D eigenvalue weighted by Crippen LogP contribution is -2.21. The summed E-state index contributed by atoms with van der Waals surface area (Å²) in [5, 5.41) is 8.91. The number of carboxylic acid groups (broad SMARTS) is 1. The first kappa shape index (κ1) is 11.1. The van der Waals surface area contributed by atoms with Gasteiger partial charge in [-0.15, -0.1) is 0 Å². The number of benzene rings is 1. The molecule has 1 aromatic carbocycles. The normalized spacial score (nSPS) is 17.1. The van der Waals surface area contributed by atoms with Gasteiger partial charge >= 0.3 is 5.97 Å². The van der Waals surface area contributed by atoms with Crippen LogP contribution >= 0.6 is 0 Å². The predicted octanol–water partition coefficient (Wildman–Crippen LogP) is 2.21. The van der Waals surface area contributed by atoms with Gasteiger partial charge in [0.1, 0.15) is 5.82 Å². The van der Waals surface area contributed by atoms with Crippen LogP contribution in [0.5, 0.6) is 0 Å².